The summed E-state index contributed by atoms with van der Waals surface area (Å²) in [6, 6.07) is 5.58. The maximum Gasteiger partial charge on any atom is 0.416 e. The van der Waals surface area contributed by atoms with E-state index in [2.05, 4.69) is 5.32 Å². The van der Waals surface area contributed by atoms with Gasteiger partial charge < -0.3 is 15.0 Å². The van der Waals surface area contributed by atoms with Crippen LogP contribution in [0.4, 0.5) is 30.7 Å². The number of amides is 2. The van der Waals surface area contributed by atoms with Crippen LogP contribution in [0.3, 0.4) is 0 Å². The van der Waals surface area contributed by atoms with Gasteiger partial charge in [0.05, 0.1) is 35.4 Å². The van der Waals surface area contributed by atoms with Gasteiger partial charge >= 0.3 is 12.4 Å². The number of nitrogens with zero attached hydrogens (tertiary/aromatic N) is 1. The van der Waals surface area contributed by atoms with E-state index in [1.807, 2.05) is 0 Å². The number of halogens is 7. The second-order valence-corrected chi connectivity index (χ2v) is 9.62. The summed E-state index contributed by atoms with van der Waals surface area (Å²) in [6.45, 7) is 2.66. The van der Waals surface area contributed by atoms with Crippen molar-refractivity contribution in [2.75, 3.05) is 6.54 Å². The predicted molar refractivity (Wildman–Crippen MR) is 121 cm³/mol. The van der Waals surface area contributed by atoms with Crippen LogP contribution >= 0.6 is 0 Å². The zero-order valence-electron chi connectivity index (χ0n) is 20.4. The van der Waals surface area contributed by atoms with Crippen LogP contribution in [0.1, 0.15) is 61.0 Å². The van der Waals surface area contributed by atoms with Gasteiger partial charge in [0, 0.05) is 25.8 Å². The molecule has 5 nitrogen and oxygen atoms in total. The van der Waals surface area contributed by atoms with Crippen molar-refractivity contribution < 1.29 is 45.1 Å². The molecule has 2 aromatic rings. The first-order valence-electron chi connectivity index (χ1n) is 11.9. The van der Waals surface area contributed by atoms with E-state index >= 15 is 0 Å². The minimum atomic E-state index is -5.02. The van der Waals surface area contributed by atoms with Gasteiger partial charge in [-0.05, 0) is 54.8 Å². The molecule has 38 heavy (non-hydrogen) atoms. The van der Waals surface area contributed by atoms with Crippen molar-refractivity contribution in [1.82, 2.24) is 10.2 Å². The second-order valence-electron chi connectivity index (χ2n) is 9.62. The molecular formula is C26H25F7N2O3. The van der Waals surface area contributed by atoms with Crippen molar-refractivity contribution in [1.29, 1.82) is 0 Å². The molecule has 2 fully saturated rings. The minimum absolute atomic E-state index is 0.00292. The summed E-state index contributed by atoms with van der Waals surface area (Å²) >= 11 is 0. The van der Waals surface area contributed by atoms with E-state index in [1.165, 1.54) is 43.0 Å². The zero-order chi connectivity index (χ0) is 28.0. The summed E-state index contributed by atoms with van der Waals surface area (Å²) < 4.78 is 100. The number of carbonyl (C=O) groups is 2. The highest BCUT2D eigenvalue weighted by Crippen LogP contribution is 2.44. The number of fused-ring (bicyclic) bond motifs is 1. The Balaban J connectivity index is 1.72. The van der Waals surface area contributed by atoms with E-state index in [1.54, 1.807) is 0 Å². The Hall–Kier alpha value is -3.15. The lowest BCUT2D eigenvalue weighted by molar-refractivity contribution is -0.143. The third kappa shape index (κ3) is 5.79. The maximum atomic E-state index is 13.7. The van der Waals surface area contributed by atoms with Crippen LogP contribution in [0, 0.1) is 5.82 Å². The third-order valence-corrected chi connectivity index (χ3v) is 7.01. The lowest BCUT2D eigenvalue weighted by Crippen LogP contribution is -2.55. The fourth-order valence-electron chi connectivity index (χ4n) is 5.37. The molecule has 0 bridgehead atoms. The number of hydrogen-bond acceptors (Lipinski definition) is 3. The molecule has 4 rings (SSSR count). The molecule has 206 valence electrons. The molecule has 0 aromatic heterocycles. The normalized spacial score (nSPS) is 24.8. The van der Waals surface area contributed by atoms with Crippen LogP contribution in [-0.4, -0.2) is 41.4 Å². The highest BCUT2D eigenvalue weighted by Gasteiger charge is 2.51. The van der Waals surface area contributed by atoms with Crippen molar-refractivity contribution in [2.45, 2.75) is 69.3 Å². The second kappa shape index (κ2) is 10.2. The van der Waals surface area contributed by atoms with E-state index in [-0.39, 0.29) is 36.4 Å². The summed E-state index contributed by atoms with van der Waals surface area (Å²) in [4.78, 5) is 26.2. The number of ether oxygens (including phenoxy) is 1. The third-order valence-electron chi connectivity index (χ3n) is 7.01. The van der Waals surface area contributed by atoms with Gasteiger partial charge in [0.2, 0.25) is 11.8 Å². The quantitative estimate of drug-likeness (QED) is 0.497. The Morgan fingerprint density at radius 1 is 1.03 bits per heavy atom. The highest BCUT2D eigenvalue weighted by atomic mass is 19.4. The van der Waals surface area contributed by atoms with Crippen LogP contribution in [0.25, 0.3) is 0 Å². The van der Waals surface area contributed by atoms with Gasteiger partial charge in [0.1, 0.15) is 5.82 Å². The molecule has 2 amide bonds. The minimum Gasteiger partial charge on any atom is -0.368 e. The molecule has 0 aliphatic carbocycles. The SMILES string of the molecule is CC(=O)NC1CCC(=O)N2C[C@H](O[C@H](C)c3cc(C(F)(F)F)cc(C(F)(F)F)c3)C(c3ccc(F)cc3)C12. The topological polar surface area (TPSA) is 58.6 Å². The lowest BCUT2D eigenvalue weighted by Gasteiger charge is -2.39. The zero-order valence-corrected chi connectivity index (χ0v) is 20.4. The fourth-order valence-corrected chi connectivity index (χ4v) is 5.37. The molecule has 2 heterocycles. The average molecular weight is 546 g/mol. The van der Waals surface area contributed by atoms with E-state index < -0.39 is 59.5 Å². The van der Waals surface area contributed by atoms with Gasteiger partial charge in [0.15, 0.2) is 0 Å². The molecule has 2 aliphatic rings. The molecule has 12 heteroatoms. The smallest absolute Gasteiger partial charge is 0.368 e. The summed E-state index contributed by atoms with van der Waals surface area (Å²) in [5, 5.41) is 2.83. The molecular weight excluding hydrogens is 521 g/mol. The van der Waals surface area contributed by atoms with Crippen LogP contribution in [0.5, 0.6) is 0 Å². The summed E-state index contributed by atoms with van der Waals surface area (Å²) in [5.41, 5.74) is -2.70. The van der Waals surface area contributed by atoms with Gasteiger partial charge in [0.25, 0.3) is 0 Å². The summed E-state index contributed by atoms with van der Waals surface area (Å²) in [6.07, 6.45) is -11.6. The van der Waals surface area contributed by atoms with Gasteiger partial charge in [-0.2, -0.15) is 26.3 Å². The van der Waals surface area contributed by atoms with E-state index in [4.69, 9.17) is 4.74 Å². The van der Waals surface area contributed by atoms with Crippen molar-refractivity contribution in [2.24, 2.45) is 0 Å². The first kappa shape index (κ1) is 27.9. The van der Waals surface area contributed by atoms with Gasteiger partial charge in [-0.25, -0.2) is 4.39 Å². The van der Waals surface area contributed by atoms with Crippen molar-refractivity contribution in [3.05, 3.63) is 70.5 Å². The van der Waals surface area contributed by atoms with E-state index in [0.717, 1.165) is 0 Å². The molecule has 2 aromatic carbocycles. The van der Waals surface area contributed by atoms with E-state index in [9.17, 15) is 40.3 Å². The standard InChI is InChI=1S/C26H25F7N2O3/c1-13(16-9-17(25(28,29)30)11-18(10-16)26(31,32)33)38-21-12-35-22(37)8-7-20(34-14(2)36)24(35)23(21)15-3-5-19(27)6-4-15/h3-6,9-11,13,20-21,23-24H,7-8,12H2,1-2H3,(H,34,36)/t13-,20?,21+,23?,24?/m1/s1. The average Bonchev–Trinajstić information content (AvgIpc) is 3.20. The van der Waals surface area contributed by atoms with Crippen molar-refractivity contribution >= 4 is 11.8 Å². The molecule has 3 unspecified atom stereocenters. The van der Waals surface area contributed by atoms with Crippen LogP contribution in [0.2, 0.25) is 0 Å². The van der Waals surface area contributed by atoms with Crippen LogP contribution < -0.4 is 5.32 Å². The lowest BCUT2D eigenvalue weighted by atomic mass is 9.82. The molecule has 1 N–H and O–H groups in total. The molecule has 2 saturated heterocycles. The van der Waals surface area contributed by atoms with Crippen molar-refractivity contribution in [3.8, 4) is 0 Å². The molecule has 0 saturated carbocycles. The number of benzene rings is 2. The number of hydrogen-bond donors (Lipinski definition) is 1. The van der Waals surface area contributed by atoms with E-state index in [0.29, 0.717) is 24.1 Å². The Kier molecular flexibility index (Phi) is 7.48. The first-order valence-corrected chi connectivity index (χ1v) is 11.9. The number of nitrogens with one attached hydrogen (secondary N) is 1. The Bertz CT molecular complexity index is 1160. The van der Waals surface area contributed by atoms with Gasteiger partial charge in [-0.1, -0.05) is 12.1 Å². The van der Waals surface area contributed by atoms with Gasteiger partial charge in [-0.3, -0.25) is 9.59 Å². The van der Waals surface area contributed by atoms with Gasteiger partial charge in [-0.15, -0.1) is 0 Å². The number of rotatable bonds is 5. The molecule has 0 radical (unpaired) electrons. The monoisotopic (exact) mass is 546 g/mol. The Morgan fingerprint density at radius 2 is 1.61 bits per heavy atom. The predicted octanol–water partition coefficient (Wildman–Crippen LogP) is 5.60. The summed E-state index contributed by atoms with van der Waals surface area (Å²) in [5.74, 6) is -1.70. The van der Waals surface area contributed by atoms with Crippen molar-refractivity contribution in [3.63, 3.8) is 0 Å². The van der Waals surface area contributed by atoms with Crippen LogP contribution in [0.15, 0.2) is 42.5 Å². The number of alkyl halides is 6. The molecule has 2 aliphatic heterocycles. The first-order chi connectivity index (χ1) is 17.6. The molecule has 5 atom stereocenters. The maximum absolute atomic E-state index is 13.7. The number of carbonyl (C=O) groups excluding carboxylic acids is 2. The van der Waals surface area contributed by atoms with Crippen LogP contribution in [-0.2, 0) is 26.7 Å². The molecule has 0 spiro atoms. The largest absolute Gasteiger partial charge is 0.416 e. The Morgan fingerprint density at radius 3 is 2.13 bits per heavy atom. The highest BCUT2D eigenvalue weighted by molar-refractivity contribution is 5.79. The fraction of sp³-hybridized carbons (Fsp3) is 0.462. The Labute approximate surface area is 213 Å². The summed E-state index contributed by atoms with van der Waals surface area (Å²) in [7, 11) is 0. The number of piperidine rings is 1.